The fraction of sp³-hybridized carbons (Fsp3) is 0.0714. The Morgan fingerprint density at radius 2 is 2.11 bits per heavy atom. The van der Waals surface area contributed by atoms with E-state index in [9.17, 15) is 4.79 Å². The van der Waals surface area contributed by atoms with Crippen LogP contribution in [0.3, 0.4) is 0 Å². The molecule has 19 heavy (non-hydrogen) atoms. The summed E-state index contributed by atoms with van der Waals surface area (Å²) >= 11 is 0. The smallest absolute Gasteiger partial charge is 0.512 e. The fourth-order valence-electron chi connectivity index (χ4n) is 1.77. The Balaban J connectivity index is 0.00000133. The largest absolute Gasteiger partial charge is 1.00 e. The molecule has 90 valence electrons. The second-order valence-electron chi connectivity index (χ2n) is 3.89. The number of rotatable bonds is 1. The van der Waals surface area contributed by atoms with E-state index in [2.05, 4.69) is 11.4 Å². The molecule has 0 aliphatic carbocycles. The SMILES string of the molecule is CC(=O)Oc1c[c-]c2c(c1)Oc1ccccc1N2.[K+]. The number of ether oxygens (including phenoxy) is 2. The van der Waals surface area contributed by atoms with Crippen LogP contribution in [0.1, 0.15) is 6.92 Å². The first kappa shape index (κ1) is 14.6. The number of nitrogens with one attached hydrogen (secondary N) is 1. The summed E-state index contributed by atoms with van der Waals surface area (Å²) in [5, 5.41) is 3.20. The van der Waals surface area contributed by atoms with Crippen LogP contribution in [0.4, 0.5) is 11.4 Å². The Morgan fingerprint density at radius 1 is 1.32 bits per heavy atom. The van der Waals surface area contributed by atoms with E-state index in [4.69, 9.17) is 9.47 Å². The van der Waals surface area contributed by atoms with Crippen molar-refractivity contribution in [2.45, 2.75) is 6.92 Å². The van der Waals surface area contributed by atoms with Gasteiger partial charge in [0.1, 0.15) is 5.75 Å². The third-order valence-corrected chi connectivity index (χ3v) is 2.51. The average molecular weight is 279 g/mol. The van der Waals surface area contributed by atoms with Crippen LogP contribution in [0.5, 0.6) is 17.2 Å². The summed E-state index contributed by atoms with van der Waals surface area (Å²) < 4.78 is 10.7. The van der Waals surface area contributed by atoms with Gasteiger partial charge in [0.15, 0.2) is 0 Å². The molecule has 1 N–H and O–H groups in total. The van der Waals surface area contributed by atoms with E-state index < -0.39 is 0 Å². The van der Waals surface area contributed by atoms with Crippen LogP contribution in [0, 0.1) is 6.07 Å². The first-order valence-electron chi connectivity index (χ1n) is 5.50. The minimum atomic E-state index is -0.368. The molecule has 0 unspecified atom stereocenters. The second-order valence-corrected chi connectivity index (χ2v) is 3.89. The van der Waals surface area contributed by atoms with Gasteiger partial charge in [0.05, 0.1) is 5.69 Å². The van der Waals surface area contributed by atoms with Gasteiger partial charge < -0.3 is 14.8 Å². The van der Waals surface area contributed by atoms with Crippen LogP contribution >= 0.6 is 0 Å². The molecule has 5 heteroatoms. The summed E-state index contributed by atoms with van der Waals surface area (Å²) in [6.45, 7) is 1.36. The summed E-state index contributed by atoms with van der Waals surface area (Å²) in [6.07, 6.45) is 0. The number of carbonyl (C=O) groups excluding carboxylic acids is 1. The van der Waals surface area contributed by atoms with Crippen molar-refractivity contribution in [2.24, 2.45) is 0 Å². The number of hydrogen-bond donors (Lipinski definition) is 1. The normalized spacial score (nSPS) is 11.0. The van der Waals surface area contributed by atoms with Crippen LogP contribution < -0.4 is 66.2 Å². The molecule has 2 aromatic carbocycles. The van der Waals surface area contributed by atoms with Crippen molar-refractivity contribution in [1.29, 1.82) is 0 Å². The van der Waals surface area contributed by atoms with Gasteiger partial charge in [-0.15, -0.1) is 6.07 Å². The summed E-state index contributed by atoms with van der Waals surface area (Å²) in [6, 6.07) is 13.9. The van der Waals surface area contributed by atoms with E-state index >= 15 is 0 Å². The zero-order valence-corrected chi connectivity index (χ0v) is 13.8. The molecule has 0 saturated carbocycles. The number of fused-ring (bicyclic) bond motifs is 2. The summed E-state index contributed by atoms with van der Waals surface area (Å²) in [5.74, 6) is 1.38. The monoisotopic (exact) mass is 279 g/mol. The number of anilines is 2. The minimum absolute atomic E-state index is 0. The van der Waals surface area contributed by atoms with Crippen LogP contribution in [0.25, 0.3) is 0 Å². The molecule has 1 aliphatic heterocycles. The maximum atomic E-state index is 10.9. The number of esters is 1. The van der Waals surface area contributed by atoms with Gasteiger partial charge in [-0.25, -0.2) is 0 Å². The third-order valence-electron chi connectivity index (χ3n) is 2.51. The Morgan fingerprint density at radius 3 is 2.89 bits per heavy atom. The second kappa shape index (κ2) is 6.07. The summed E-state index contributed by atoms with van der Waals surface area (Å²) in [7, 11) is 0. The van der Waals surface area contributed by atoms with E-state index in [0.29, 0.717) is 11.5 Å². The molecule has 0 spiro atoms. The van der Waals surface area contributed by atoms with Crippen molar-refractivity contribution in [3.63, 3.8) is 0 Å². The predicted molar refractivity (Wildman–Crippen MR) is 66.4 cm³/mol. The van der Waals surface area contributed by atoms with E-state index in [-0.39, 0.29) is 57.4 Å². The first-order valence-corrected chi connectivity index (χ1v) is 5.50. The number of carbonyl (C=O) groups is 1. The van der Waals surface area contributed by atoms with Gasteiger partial charge in [-0.3, -0.25) is 4.79 Å². The van der Waals surface area contributed by atoms with Crippen molar-refractivity contribution in [1.82, 2.24) is 0 Å². The van der Waals surface area contributed by atoms with Crippen molar-refractivity contribution < 1.29 is 65.7 Å². The molecule has 0 saturated heterocycles. The topological polar surface area (TPSA) is 47.6 Å². The molecular formula is C14H10KNO3. The van der Waals surface area contributed by atoms with Gasteiger partial charge in [0, 0.05) is 18.4 Å². The molecule has 1 aliphatic rings. The molecule has 2 aromatic rings. The quantitative estimate of drug-likeness (QED) is 0.300. The van der Waals surface area contributed by atoms with Crippen LogP contribution in [-0.4, -0.2) is 5.97 Å². The minimum Gasteiger partial charge on any atom is -0.512 e. The van der Waals surface area contributed by atoms with Gasteiger partial charge in [-0.2, -0.15) is 6.07 Å². The molecule has 0 bridgehead atoms. The van der Waals surface area contributed by atoms with Gasteiger partial charge in [-0.1, -0.05) is 18.2 Å². The van der Waals surface area contributed by atoms with Crippen molar-refractivity contribution in [3.05, 3.63) is 42.5 Å². The molecule has 0 aromatic heterocycles. The van der Waals surface area contributed by atoms with Gasteiger partial charge in [0.2, 0.25) is 0 Å². The average Bonchev–Trinajstić information content (AvgIpc) is 2.35. The van der Waals surface area contributed by atoms with Gasteiger partial charge in [-0.05, 0) is 17.8 Å². The van der Waals surface area contributed by atoms with Crippen LogP contribution in [-0.2, 0) is 4.79 Å². The first-order chi connectivity index (χ1) is 8.72. The van der Waals surface area contributed by atoms with Crippen molar-refractivity contribution in [3.8, 4) is 17.2 Å². The zero-order chi connectivity index (χ0) is 12.5. The summed E-state index contributed by atoms with van der Waals surface area (Å²) in [4.78, 5) is 10.9. The van der Waals surface area contributed by atoms with Gasteiger partial charge in [0.25, 0.3) is 5.97 Å². The Labute approximate surface area is 153 Å². The number of benzene rings is 2. The van der Waals surface area contributed by atoms with Crippen molar-refractivity contribution >= 4 is 17.3 Å². The van der Waals surface area contributed by atoms with E-state index in [0.717, 1.165) is 17.1 Å². The van der Waals surface area contributed by atoms with Crippen LogP contribution in [0.2, 0.25) is 0 Å². The predicted octanol–water partition coefficient (Wildman–Crippen LogP) is 0.265. The standard InChI is InChI=1S/C14H10NO3.K/c1-9(16)17-10-6-7-12-14(8-10)18-13-5-3-2-4-11(13)15-12;/h2-6,8,15H,1H3;/q-1;+1. The van der Waals surface area contributed by atoms with E-state index in [1.807, 2.05) is 24.3 Å². The Bertz CT molecular complexity index is 628. The molecular weight excluding hydrogens is 269 g/mol. The van der Waals surface area contributed by atoms with Crippen molar-refractivity contribution in [2.75, 3.05) is 5.32 Å². The number of hydrogen-bond acceptors (Lipinski definition) is 4. The Hall–Kier alpha value is -0.854. The molecule has 3 rings (SSSR count). The summed E-state index contributed by atoms with van der Waals surface area (Å²) in [5.41, 5.74) is 1.62. The van der Waals surface area contributed by atoms with Crippen LogP contribution in [0.15, 0.2) is 36.4 Å². The molecule has 0 atom stereocenters. The molecule has 0 radical (unpaired) electrons. The third kappa shape index (κ3) is 3.18. The van der Waals surface area contributed by atoms with E-state index in [1.54, 1.807) is 12.1 Å². The Kier molecular flexibility index (Phi) is 4.65. The molecule has 0 amide bonds. The maximum Gasteiger partial charge on any atom is 1.00 e. The van der Waals surface area contributed by atoms with Gasteiger partial charge >= 0.3 is 51.4 Å². The molecule has 4 nitrogen and oxygen atoms in total. The number of para-hydroxylation sites is 2. The zero-order valence-electron chi connectivity index (χ0n) is 10.7. The molecule has 1 heterocycles. The fourth-order valence-corrected chi connectivity index (χ4v) is 1.77. The van der Waals surface area contributed by atoms with E-state index in [1.165, 1.54) is 6.92 Å². The maximum absolute atomic E-state index is 10.9. The molecule has 0 fully saturated rings.